The molecule has 3 aliphatic rings. The van der Waals surface area contributed by atoms with Crippen molar-refractivity contribution in [2.24, 2.45) is 5.41 Å². The highest BCUT2D eigenvalue weighted by molar-refractivity contribution is 5.93. The van der Waals surface area contributed by atoms with Crippen LogP contribution in [0.4, 0.5) is 10.2 Å². The lowest BCUT2D eigenvalue weighted by Crippen LogP contribution is -2.56. The number of carbonyl (C=O) groups is 1. The molecule has 2 aromatic heterocycles. The molecule has 2 atom stereocenters. The van der Waals surface area contributed by atoms with E-state index in [4.69, 9.17) is 16.3 Å². The van der Waals surface area contributed by atoms with Crippen LogP contribution in [0.3, 0.4) is 0 Å². The summed E-state index contributed by atoms with van der Waals surface area (Å²) < 4.78 is 22.8. The first-order chi connectivity index (χ1) is 20.7. The van der Waals surface area contributed by atoms with E-state index in [0.29, 0.717) is 37.4 Å². The third-order valence-corrected chi connectivity index (χ3v) is 9.11. The lowest BCUT2D eigenvalue weighted by atomic mass is 9.89. The highest BCUT2D eigenvalue weighted by Crippen LogP contribution is 2.42. The van der Waals surface area contributed by atoms with Crippen molar-refractivity contribution >= 4 is 22.6 Å². The molecule has 1 amide bonds. The fourth-order valence-electron chi connectivity index (χ4n) is 6.88. The van der Waals surface area contributed by atoms with Gasteiger partial charge in [0.2, 0.25) is 12.5 Å². The number of anilines is 1. The molecular formula is C33H38FN7O2. The van der Waals surface area contributed by atoms with E-state index in [1.807, 2.05) is 17.0 Å². The summed E-state index contributed by atoms with van der Waals surface area (Å²) in [5.74, 6) is -0.209. The second kappa shape index (κ2) is 11.5. The first kappa shape index (κ1) is 29.0. The molecule has 1 aliphatic carbocycles. The fraction of sp³-hybridized carbons (Fsp3) is 0.485. The van der Waals surface area contributed by atoms with E-state index >= 15 is 4.39 Å². The van der Waals surface area contributed by atoms with Gasteiger partial charge in [0, 0.05) is 37.4 Å². The molecule has 4 heterocycles. The number of ether oxygens (including phenoxy) is 1. The largest absolute Gasteiger partial charge is 0.462 e. The first-order valence-corrected chi connectivity index (χ1v) is 15.0. The molecule has 43 heavy (non-hydrogen) atoms. The van der Waals surface area contributed by atoms with Crippen LogP contribution in [0.25, 0.3) is 27.0 Å². The minimum Gasteiger partial charge on any atom is -0.462 e. The molecule has 10 heteroatoms. The van der Waals surface area contributed by atoms with E-state index < -0.39 is 5.82 Å². The number of likely N-dealkylation sites (N-methyl/N-ethyl adjacent to an activating group) is 1. The summed E-state index contributed by atoms with van der Waals surface area (Å²) in [6.07, 6.45) is 6.85. The van der Waals surface area contributed by atoms with Crippen molar-refractivity contribution in [1.82, 2.24) is 24.8 Å². The Kier molecular flexibility index (Phi) is 7.77. The van der Waals surface area contributed by atoms with E-state index in [2.05, 4.69) is 53.3 Å². The van der Waals surface area contributed by atoms with E-state index in [0.717, 1.165) is 43.4 Å². The van der Waals surface area contributed by atoms with Crippen LogP contribution >= 0.6 is 0 Å². The van der Waals surface area contributed by atoms with Gasteiger partial charge in [0.15, 0.2) is 5.82 Å². The molecule has 6 rings (SSSR count). The second-order valence-electron chi connectivity index (χ2n) is 12.7. The monoisotopic (exact) mass is 583 g/mol. The predicted octanol–water partition coefficient (Wildman–Crippen LogP) is 4.55. The van der Waals surface area contributed by atoms with Crippen LogP contribution in [0.2, 0.25) is 0 Å². The van der Waals surface area contributed by atoms with Gasteiger partial charge in [-0.25, -0.2) is 11.0 Å². The number of benzene rings is 1. The van der Waals surface area contributed by atoms with Gasteiger partial charge in [0.25, 0.3) is 0 Å². The summed E-state index contributed by atoms with van der Waals surface area (Å²) >= 11 is 0. The molecule has 9 nitrogen and oxygen atoms in total. The van der Waals surface area contributed by atoms with E-state index in [1.54, 1.807) is 11.1 Å². The van der Waals surface area contributed by atoms with Crippen LogP contribution in [0.1, 0.15) is 37.8 Å². The Labute approximate surface area is 252 Å². The van der Waals surface area contributed by atoms with Crippen LogP contribution < -0.4 is 9.64 Å². The first-order valence-electron chi connectivity index (χ1n) is 15.0. The van der Waals surface area contributed by atoms with Crippen LogP contribution in [0.15, 0.2) is 37.1 Å². The number of amides is 1. The summed E-state index contributed by atoms with van der Waals surface area (Å²) in [7, 11) is 2.08. The number of rotatable bonds is 7. The maximum atomic E-state index is 16.6. The number of pyridine rings is 1. The summed E-state index contributed by atoms with van der Waals surface area (Å²) in [6, 6.07) is 6.04. The topological polar surface area (TPSA) is 79.1 Å². The average Bonchev–Trinajstić information content (AvgIpc) is 3.56. The Morgan fingerprint density at radius 2 is 2.07 bits per heavy atom. The highest BCUT2D eigenvalue weighted by Gasteiger charge is 2.35. The van der Waals surface area contributed by atoms with Crippen molar-refractivity contribution in [3.63, 3.8) is 0 Å². The zero-order valence-corrected chi connectivity index (χ0v) is 25.1. The summed E-state index contributed by atoms with van der Waals surface area (Å²) in [4.78, 5) is 36.1. The van der Waals surface area contributed by atoms with Gasteiger partial charge in [0.1, 0.15) is 29.7 Å². The Morgan fingerprint density at radius 3 is 2.81 bits per heavy atom. The Morgan fingerprint density at radius 1 is 1.23 bits per heavy atom. The van der Waals surface area contributed by atoms with Crippen molar-refractivity contribution in [3.05, 3.63) is 65.4 Å². The van der Waals surface area contributed by atoms with Gasteiger partial charge < -0.3 is 24.3 Å². The van der Waals surface area contributed by atoms with E-state index in [1.165, 1.54) is 11.6 Å². The van der Waals surface area contributed by atoms with Crippen molar-refractivity contribution in [2.45, 2.75) is 51.6 Å². The minimum atomic E-state index is -0.500. The average molecular weight is 584 g/mol. The maximum Gasteiger partial charge on any atom is 0.319 e. The van der Waals surface area contributed by atoms with E-state index in [9.17, 15) is 4.79 Å². The number of halogens is 1. The normalized spacial score (nSPS) is 21.6. The second-order valence-corrected chi connectivity index (χ2v) is 12.7. The van der Waals surface area contributed by atoms with E-state index in [-0.39, 0.29) is 47.2 Å². The molecule has 0 unspecified atom stereocenters. The van der Waals surface area contributed by atoms with Crippen LogP contribution in [0, 0.1) is 17.8 Å². The Hall–Kier alpha value is -4.10. The Balaban J connectivity index is 1.43. The number of fused-ring (bicyclic) bond motifs is 2. The van der Waals surface area contributed by atoms with Crippen LogP contribution in [-0.4, -0.2) is 89.1 Å². The fourth-order valence-corrected chi connectivity index (χ4v) is 6.88. The molecule has 0 bridgehead atoms. The van der Waals surface area contributed by atoms with Gasteiger partial charge in [-0.1, -0.05) is 38.6 Å². The number of likely N-dealkylation sites (tertiary alicyclic amines) is 1. The summed E-state index contributed by atoms with van der Waals surface area (Å²) in [6.45, 7) is 18.3. The van der Waals surface area contributed by atoms with Crippen molar-refractivity contribution < 1.29 is 13.9 Å². The van der Waals surface area contributed by atoms with Crippen molar-refractivity contribution in [2.75, 3.05) is 51.3 Å². The Bertz CT molecular complexity index is 1620. The van der Waals surface area contributed by atoms with Gasteiger partial charge in [0.05, 0.1) is 5.39 Å². The molecule has 0 spiro atoms. The number of hydrogen-bond donors (Lipinski definition) is 0. The number of carbonyl (C=O) groups excluding carboxylic acids is 1. The highest BCUT2D eigenvalue weighted by atomic mass is 19.1. The molecule has 3 aromatic rings. The van der Waals surface area contributed by atoms with Crippen molar-refractivity contribution in [1.29, 1.82) is 0 Å². The standard InChI is InChI=1S/C33H38FN7O2/c1-6-27(42)41-14-13-40(19-23(41)17-35-4)31-26-18-36-29(24-11-7-9-21-15-33(2,3)16-25(21)24)28(34)30(26)37-32(38-31)43-20-22-10-8-12-39(22)5/h6-7,9,11,18,22-23H,1,8,10,12-17,19-20H2,2-3,5H3/t22-,23-/m0/s1. The lowest BCUT2D eigenvalue weighted by Gasteiger charge is -2.39. The zero-order chi connectivity index (χ0) is 30.3. The molecule has 1 aromatic carbocycles. The SMILES string of the molecule is [C-]#[N+]C[C@H]1CN(c2nc(OC[C@@H]3CCCN3C)nc3c(F)c(-c4cccc5c4CC(C)(C)C5)ncc23)CCN1C(=O)C=C. The molecule has 2 fully saturated rings. The molecule has 0 saturated carbocycles. The zero-order valence-electron chi connectivity index (χ0n) is 25.1. The molecule has 2 aliphatic heterocycles. The number of piperazine rings is 1. The van der Waals surface area contributed by atoms with Crippen LogP contribution in [-0.2, 0) is 17.6 Å². The van der Waals surface area contributed by atoms with Gasteiger partial charge in [-0.05, 0) is 61.9 Å². The summed E-state index contributed by atoms with van der Waals surface area (Å²) in [5.41, 5.74) is 3.71. The lowest BCUT2D eigenvalue weighted by molar-refractivity contribution is -0.128. The minimum absolute atomic E-state index is 0.104. The van der Waals surface area contributed by atoms with Gasteiger partial charge >= 0.3 is 6.01 Å². The molecule has 0 radical (unpaired) electrons. The predicted molar refractivity (Wildman–Crippen MR) is 164 cm³/mol. The maximum absolute atomic E-state index is 16.6. The quantitative estimate of drug-likeness (QED) is 0.298. The molecule has 2 saturated heterocycles. The third-order valence-electron chi connectivity index (χ3n) is 9.11. The van der Waals surface area contributed by atoms with Gasteiger partial charge in [-0.3, -0.25) is 9.78 Å². The van der Waals surface area contributed by atoms with Crippen molar-refractivity contribution in [3.8, 4) is 17.3 Å². The summed E-state index contributed by atoms with van der Waals surface area (Å²) in [5, 5.41) is 0.476. The van der Waals surface area contributed by atoms with Crippen LogP contribution in [0.5, 0.6) is 6.01 Å². The number of aromatic nitrogens is 3. The molecule has 0 N–H and O–H groups in total. The smallest absolute Gasteiger partial charge is 0.319 e. The molecular weight excluding hydrogens is 545 g/mol. The van der Waals surface area contributed by atoms with Gasteiger partial charge in [-0.15, -0.1) is 0 Å². The number of hydrogen-bond acceptors (Lipinski definition) is 7. The van der Waals surface area contributed by atoms with Gasteiger partial charge in [-0.2, -0.15) is 9.97 Å². The molecule has 224 valence electrons. The third kappa shape index (κ3) is 5.54. The number of nitrogens with zero attached hydrogens (tertiary/aromatic N) is 7.